The van der Waals surface area contributed by atoms with Gasteiger partial charge in [-0.1, -0.05) is 6.07 Å². The molecule has 0 fully saturated rings. The van der Waals surface area contributed by atoms with Gasteiger partial charge in [-0.05, 0) is 23.9 Å². The van der Waals surface area contributed by atoms with Gasteiger partial charge in [0.25, 0.3) is 0 Å². The molecule has 62 valence electrons. The van der Waals surface area contributed by atoms with Gasteiger partial charge in [0.05, 0.1) is 5.57 Å². The summed E-state index contributed by atoms with van der Waals surface area (Å²) < 4.78 is 4.90. The molecule has 0 aliphatic carbocycles. The predicted molar refractivity (Wildman–Crippen MR) is 47.9 cm³/mol. The molecule has 0 amide bonds. The molecule has 0 unspecified atom stereocenters. The first-order valence-electron chi connectivity index (χ1n) is 3.70. The standard InChI is InChI=1S/C9H8O2S/c1-6-5-11-9(10)8(6)7-3-2-4-12-7/h2-4H,5H2,1H3. The van der Waals surface area contributed by atoms with E-state index in [0.717, 1.165) is 16.0 Å². The number of esters is 1. The second-order valence-electron chi connectivity index (χ2n) is 2.71. The average Bonchev–Trinajstić information content (AvgIpc) is 2.61. The highest BCUT2D eigenvalue weighted by atomic mass is 32.1. The summed E-state index contributed by atoms with van der Waals surface area (Å²) in [6.45, 7) is 2.38. The summed E-state index contributed by atoms with van der Waals surface area (Å²) in [4.78, 5) is 12.2. The van der Waals surface area contributed by atoms with Crippen molar-refractivity contribution in [2.75, 3.05) is 6.61 Å². The Morgan fingerprint density at radius 2 is 2.42 bits per heavy atom. The zero-order valence-corrected chi connectivity index (χ0v) is 7.48. The average molecular weight is 180 g/mol. The molecule has 0 saturated heterocycles. The zero-order chi connectivity index (χ0) is 8.55. The molecular weight excluding hydrogens is 172 g/mol. The van der Waals surface area contributed by atoms with Crippen LogP contribution in [0.15, 0.2) is 23.1 Å². The van der Waals surface area contributed by atoms with Gasteiger partial charge >= 0.3 is 5.97 Å². The summed E-state index contributed by atoms with van der Waals surface area (Å²) in [5.74, 6) is -0.185. The van der Waals surface area contributed by atoms with Gasteiger partial charge in [0.15, 0.2) is 0 Å². The first-order chi connectivity index (χ1) is 5.79. The van der Waals surface area contributed by atoms with Gasteiger partial charge in [0, 0.05) is 4.88 Å². The van der Waals surface area contributed by atoms with E-state index in [2.05, 4.69) is 0 Å². The fourth-order valence-electron chi connectivity index (χ4n) is 1.22. The topological polar surface area (TPSA) is 26.3 Å². The molecular formula is C9H8O2S. The molecule has 0 saturated carbocycles. The smallest absolute Gasteiger partial charge is 0.339 e. The van der Waals surface area contributed by atoms with E-state index >= 15 is 0 Å². The van der Waals surface area contributed by atoms with Crippen LogP contribution in [0.1, 0.15) is 11.8 Å². The number of carbonyl (C=O) groups excluding carboxylic acids is 1. The summed E-state index contributed by atoms with van der Waals surface area (Å²) in [5, 5.41) is 1.96. The van der Waals surface area contributed by atoms with Crippen molar-refractivity contribution >= 4 is 22.9 Å². The van der Waals surface area contributed by atoms with Gasteiger partial charge in [0.2, 0.25) is 0 Å². The predicted octanol–water partition coefficient (Wildman–Crippen LogP) is 2.08. The summed E-state index contributed by atoms with van der Waals surface area (Å²) in [5.41, 5.74) is 1.78. The molecule has 2 heterocycles. The van der Waals surface area contributed by atoms with Crippen molar-refractivity contribution in [2.24, 2.45) is 0 Å². The van der Waals surface area contributed by atoms with Crippen molar-refractivity contribution in [2.45, 2.75) is 6.92 Å². The fourth-order valence-corrected chi connectivity index (χ4v) is 2.06. The molecule has 0 bridgehead atoms. The number of hydrogen-bond donors (Lipinski definition) is 0. The molecule has 2 nitrogen and oxygen atoms in total. The van der Waals surface area contributed by atoms with E-state index in [4.69, 9.17) is 4.74 Å². The molecule has 0 radical (unpaired) electrons. The monoisotopic (exact) mass is 180 g/mol. The third-order valence-corrected chi connectivity index (χ3v) is 2.71. The zero-order valence-electron chi connectivity index (χ0n) is 6.66. The van der Waals surface area contributed by atoms with Gasteiger partial charge < -0.3 is 4.74 Å². The molecule has 2 rings (SSSR count). The minimum atomic E-state index is -0.185. The molecule has 0 atom stereocenters. The number of rotatable bonds is 1. The first-order valence-corrected chi connectivity index (χ1v) is 4.58. The lowest BCUT2D eigenvalue weighted by Gasteiger charge is -1.93. The van der Waals surface area contributed by atoms with Gasteiger partial charge in [-0.25, -0.2) is 4.79 Å². The lowest BCUT2D eigenvalue weighted by molar-refractivity contribution is -0.134. The number of ether oxygens (including phenoxy) is 1. The van der Waals surface area contributed by atoms with Crippen molar-refractivity contribution in [3.05, 3.63) is 28.0 Å². The third-order valence-electron chi connectivity index (χ3n) is 1.82. The number of cyclic esters (lactones) is 1. The van der Waals surface area contributed by atoms with Crippen LogP contribution in [0.5, 0.6) is 0 Å². The normalized spacial score (nSPS) is 16.9. The van der Waals surface area contributed by atoms with E-state index in [1.54, 1.807) is 11.3 Å². The van der Waals surface area contributed by atoms with Crippen molar-refractivity contribution < 1.29 is 9.53 Å². The third kappa shape index (κ3) is 1.06. The van der Waals surface area contributed by atoms with Crippen LogP contribution in [0.3, 0.4) is 0 Å². The quantitative estimate of drug-likeness (QED) is 0.618. The highest BCUT2D eigenvalue weighted by Crippen LogP contribution is 2.28. The Hall–Kier alpha value is -1.09. The lowest BCUT2D eigenvalue weighted by Crippen LogP contribution is -1.96. The Morgan fingerprint density at radius 3 is 2.92 bits per heavy atom. The van der Waals surface area contributed by atoms with Crippen LogP contribution in [0.25, 0.3) is 5.57 Å². The van der Waals surface area contributed by atoms with Crippen LogP contribution in [0.4, 0.5) is 0 Å². The van der Waals surface area contributed by atoms with Crippen LogP contribution in [-0.4, -0.2) is 12.6 Å². The summed E-state index contributed by atoms with van der Waals surface area (Å²) >= 11 is 1.57. The second-order valence-corrected chi connectivity index (χ2v) is 3.66. The second kappa shape index (κ2) is 2.75. The van der Waals surface area contributed by atoms with E-state index < -0.39 is 0 Å². The van der Waals surface area contributed by atoms with E-state index in [0.29, 0.717) is 6.61 Å². The molecule has 1 aliphatic rings. The first kappa shape index (κ1) is 7.55. The molecule has 0 spiro atoms. The maximum absolute atomic E-state index is 11.2. The number of thiophene rings is 1. The van der Waals surface area contributed by atoms with Crippen LogP contribution in [-0.2, 0) is 9.53 Å². The van der Waals surface area contributed by atoms with E-state index in [1.807, 2.05) is 24.4 Å². The molecule has 3 heteroatoms. The maximum atomic E-state index is 11.2. The molecule has 1 aliphatic heterocycles. The Balaban J connectivity index is 2.47. The Bertz CT molecular complexity index is 335. The SMILES string of the molecule is CC1=C(c2cccs2)C(=O)OC1. The highest BCUT2D eigenvalue weighted by molar-refractivity contribution is 7.11. The summed E-state index contributed by atoms with van der Waals surface area (Å²) in [6, 6.07) is 3.88. The van der Waals surface area contributed by atoms with Gasteiger partial charge in [0.1, 0.15) is 6.61 Å². The maximum Gasteiger partial charge on any atom is 0.339 e. The van der Waals surface area contributed by atoms with Gasteiger partial charge in [-0.15, -0.1) is 11.3 Å². The Kier molecular flexibility index (Phi) is 1.73. The Labute approximate surface area is 74.5 Å². The number of carbonyl (C=O) groups is 1. The fraction of sp³-hybridized carbons (Fsp3) is 0.222. The van der Waals surface area contributed by atoms with E-state index in [-0.39, 0.29) is 5.97 Å². The lowest BCUT2D eigenvalue weighted by atomic mass is 10.1. The summed E-state index contributed by atoms with van der Waals surface area (Å²) in [6.07, 6.45) is 0. The van der Waals surface area contributed by atoms with Gasteiger partial charge in [-0.2, -0.15) is 0 Å². The van der Waals surface area contributed by atoms with Crippen molar-refractivity contribution in [1.82, 2.24) is 0 Å². The minimum Gasteiger partial charge on any atom is -0.458 e. The summed E-state index contributed by atoms with van der Waals surface area (Å²) in [7, 11) is 0. The van der Waals surface area contributed by atoms with Crippen molar-refractivity contribution in [1.29, 1.82) is 0 Å². The minimum absolute atomic E-state index is 0.185. The van der Waals surface area contributed by atoms with E-state index in [9.17, 15) is 4.79 Å². The molecule has 0 N–H and O–H groups in total. The van der Waals surface area contributed by atoms with Crippen LogP contribution >= 0.6 is 11.3 Å². The van der Waals surface area contributed by atoms with Crippen LogP contribution in [0.2, 0.25) is 0 Å². The molecule has 1 aromatic rings. The largest absolute Gasteiger partial charge is 0.458 e. The Morgan fingerprint density at radius 1 is 1.58 bits per heavy atom. The van der Waals surface area contributed by atoms with Gasteiger partial charge in [-0.3, -0.25) is 0 Å². The highest BCUT2D eigenvalue weighted by Gasteiger charge is 2.23. The van der Waals surface area contributed by atoms with Crippen LogP contribution in [0, 0.1) is 0 Å². The van der Waals surface area contributed by atoms with Crippen LogP contribution < -0.4 is 0 Å². The number of hydrogen-bond acceptors (Lipinski definition) is 3. The van der Waals surface area contributed by atoms with Crippen molar-refractivity contribution in [3.63, 3.8) is 0 Å². The molecule has 0 aromatic carbocycles. The van der Waals surface area contributed by atoms with Crippen molar-refractivity contribution in [3.8, 4) is 0 Å². The van der Waals surface area contributed by atoms with E-state index in [1.165, 1.54) is 0 Å². The molecule has 1 aromatic heterocycles. The molecule has 12 heavy (non-hydrogen) atoms.